The van der Waals surface area contributed by atoms with Crippen molar-refractivity contribution >= 4 is 0 Å². The van der Waals surface area contributed by atoms with Gasteiger partial charge in [-0.15, -0.1) is 0 Å². The molecule has 0 radical (unpaired) electrons. The second-order valence-electron chi connectivity index (χ2n) is 5.43. The Bertz CT molecular complexity index is 378. The van der Waals surface area contributed by atoms with Gasteiger partial charge in [0.05, 0.1) is 18.5 Å². The number of unbranched alkanes of at least 4 members (excludes halogenated alkanes) is 1. The number of nitrogens with one attached hydrogen (secondary N) is 1. The van der Waals surface area contributed by atoms with Crippen molar-refractivity contribution in [2.75, 3.05) is 6.61 Å². The molecule has 1 N–H and O–H groups in total. The second kappa shape index (κ2) is 8.10. The molecule has 0 unspecified atom stereocenters. The number of aromatic nitrogens is 2. The minimum absolute atomic E-state index is 0.336. The lowest BCUT2D eigenvalue weighted by Crippen LogP contribution is -2.23. The average Bonchev–Trinajstić information content (AvgIpc) is 2.37. The first kappa shape index (κ1) is 15.9. The maximum atomic E-state index is 5.78. The summed E-state index contributed by atoms with van der Waals surface area (Å²) in [5, 5.41) is 3.39. The average molecular weight is 265 g/mol. The molecule has 1 rings (SSSR count). The van der Waals surface area contributed by atoms with Crippen LogP contribution in [0.15, 0.2) is 6.20 Å². The lowest BCUT2D eigenvalue weighted by molar-refractivity contribution is 0.301. The molecule has 0 amide bonds. The van der Waals surface area contributed by atoms with E-state index in [1.807, 2.05) is 6.20 Å². The van der Waals surface area contributed by atoms with Gasteiger partial charge in [0.15, 0.2) is 5.75 Å². The highest BCUT2D eigenvalue weighted by atomic mass is 16.5. The molecule has 0 bridgehead atoms. The van der Waals surface area contributed by atoms with E-state index in [1.165, 1.54) is 0 Å². The van der Waals surface area contributed by atoms with Gasteiger partial charge < -0.3 is 10.1 Å². The third kappa shape index (κ3) is 5.55. The molecule has 0 spiro atoms. The molecule has 0 aliphatic carbocycles. The quantitative estimate of drug-likeness (QED) is 0.733. The molecule has 0 fully saturated rings. The zero-order valence-corrected chi connectivity index (χ0v) is 12.9. The summed E-state index contributed by atoms with van der Waals surface area (Å²) in [6.45, 7) is 12.1. The highest BCUT2D eigenvalue weighted by molar-refractivity contribution is 5.25. The van der Waals surface area contributed by atoms with Crippen LogP contribution in [0.5, 0.6) is 5.75 Å². The summed E-state index contributed by atoms with van der Waals surface area (Å²) in [5.74, 6) is 2.02. The zero-order valence-electron chi connectivity index (χ0n) is 12.9. The SMILES string of the molecule is CCCCOc1cnc(C(C)C)nc1CNC(C)C. The predicted octanol–water partition coefficient (Wildman–Crippen LogP) is 3.28. The van der Waals surface area contributed by atoms with Gasteiger partial charge in [0.2, 0.25) is 0 Å². The standard InChI is InChI=1S/C15H27N3O/c1-6-7-8-19-14-10-17-15(11(2)3)18-13(14)9-16-12(4)5/h10-12,16H,6-9H2,1-5H3. The van der Waals surface area contributed by atoms with Crippen LogP contribution in [0, 0.1) is 0 Å². The van der Waals surface area contributed by atoms with Crippen molar-refractivity contribution < 1.29 is 4.74 Å². The highest BCUT2D eigenvalue weighted by Gasteiger charge is 2.11. The Kier molecular flexibility index (Phi) is 6.78. The van der Waals surface area contributed by atoms with E-state index in [-0.39, 0.29) is 0 Å². The minimum atomic E-state index is 0.336. The van der Waals surface area contributed by atoms with Crippen LogP contribution in [0.25, 0.3) is 0 Å². The third-order valence-electron chi connectivity index (χ3n) is 2.80. The lowest BCUT2D eigenvalue weighted by atomic mass is 10.2. The fourth-order valence-corrected chi connectivity index (χ4v) is 1.57. The Morgan fingerprint density at radius 3 is 2.58 bits per heavy atom. The summed E-state index contributed by atoms with van der Waals surface area (Å²) in [7, 11) is 0. The van der Waals surface area contributed by atoms with E-state index in [1.54, 1.807) is 0 Å². The summed E-state index contributed by atoms with van der Waals surface area (Å²) in [5.41, 5.74) is 0.962. The molecule has 0 aromatic carbocycles. The van der Waals surface area contributed by atoms with E-state index >= 15 is 0 Å². The van der Waals surface area contributed by atoms with Crippen LogP contribution in [-0.4, -0.2) is 22.6 Å². The fourth-order valence-electron chi connectivity index (χ4n) is 1.57. The van der Waals surface area contributed by atoms with Crippen molar-refractivity contribution in [1.82, 2.24) is 15.3 Å². The Morgan fingerprint density at radius 1 is 1.26 bits per heavy atom. The number of ether oxygens (including phenoxy) is 1. The van der Waals surface area contributed by atoms with Gasteiger partial charge in [0, 0.05) is 18.5 Å². The molecule has 1 aromatic heterocycles. The van der Waals surface area contributed by atoms with Crippen LogP contribution < -0.4 is 10.1 Å². The summed E-state index contributed by atoms with van der Waals surface area (Å²) in [6, 6.07) is 0.431. The maximum Gasteiger partial charge on any atom is 0.160 e. The zero-order chi connectivity index (χ0) is 14.3. The first-order valence-electron chi connectivity index (χ1n) is 7.26. The smallest absolute Gasteiger partial charge is 0.160 e. The first-order chi connectivity index (χ1) is 9.04. The largest absolute Gasteiger partial charge is 0.490 e. The minimum Gasteiger partial charge on any atom is -0.490 e. The van der Waals surface area contributed by atoms with E-state index in [9.17, 15) is 0 Å². The van der Waals surface area contributed by atoms with E-state index in [0.29, 0.717) is 12.0 Å². The Morgan fingerprint density at radius 2 is 2.00 bits per heavy atom. The molecule has 0 atom stereocenters. The van der Waals surface area contributed by atoms with Crippen molar-refractivity contribution in [2.24, 2.45) is 0 Å². The molecule has 0 aliphatic heterocycles. The van der Waals surface area contributed by atoms with Crippen LogP contribution in [0.2, 0.25) is 0 Å². The van der Waals surface area contributed by atoms with Crippen molar-refractivity contribution in [3.8, 4) is 5.75 Å². The number of hydrogen-bond donors (Lipinski definition) is 1. The van der Waals surface area contributed by atoms with Crippen LogP contribution in [0.3, 0.4) is 0 Å². The highest BCUT2D eigenvalue weighted by Crippen LogP contribution is 2.19. The first-order valence-corrected chi connectivity index (χ1v) is 7.26. The van der Waals surface area contributed by atoms with Crippen LogP contribution >= 0.6 is 0 Å². The summed E-state index contributed by atoms with van der Waals surface area (Å²) >= 11 is 0. The molecular formula is C15H27N3O. The summed E-state index contributed by atoms with van der Waals surface area (Å²) in [4.78, 5) is 9.01. The topological polar surface area (TPSA) is 47.0 Å². The monoisotopic (exact) mass is 265 g/mol. The molecule has 19 heavy (non-hydrogen) atoms. The molecule has 1 heterocycles. The van der Waals surface area contributed by atoms with E-state index in [0.717, 1.165) is 43.3 Å². The summed E-state index contributed by atoms with van der Waals surface area (Å²) < 4.78 is 5.78. The number of rotatable bonds is 8. The van der Waals surface area contributed by atoms with Crippen molar-refractivity contribution in [2.45, 2.75) is 66.0 Å². The predicted molar refractivity (Wildman–Crippen MR) is 78.5 cm³/mol. The van der Waals surface area contributed by atoms with E-state index < -0.39 is 0 Å². The van der Waals surface area contributed by atoms with Gasteiger partial charge in [-0.2, -0.15) is 0 Å². The molecule has 108 valence electrons. The van der Waals surface area contributed by atoms with Gasteiger partial charge in [0.25, 0.3) is 0 Å². The molecule has 4 heteroatoms. The molecule has 0 saturated heterocycles. The van der Waals surface area contributed by atoms with E-state index in [2.05, 4.69) is 49.9 Å². The van der Waals surface area contributed by atoms with Gasteiger partial charge in [-0.25, -0.2) is 9.97 Å². The van der Waals surface area contributed by atoms with Crippen molar-refractivity contribution in [3.63, 3.8) is 0 Å². The third-order valence-corrected chi connectivity index (χ3v) is 2.80. The Hall–Kier alpha value is -1.16. The summed E-state index contributed by atoms with van der Waals surface area (Å²) in [6.07, 6.45) is 4.00. The molecular weight excluding hydrogens is 238 g/mol. The Labute approximate surface area is 117 Å². The van der Waals surface area contributed by atoms with Crippen LogP contribution in [-0.2, 0) is 6.54 Å². The van der Waals surface area contributed by atoms with Crippen molar-refractivity contribution in [3.05, 3.63) is 17.7 Å². The van der Waals surface area contributed by atoms with Gasteiger partial charge in [-0.1, -0.05) is 41.0 Å². The maximum absolute atomic E-state index is 5.78. The van der Waals surface area contributed by atoms with E-state index in [4.69, 9.17) is 4.74 Å². The normalized spacial score (nSPS) is 11.3. The fraction of sp³-hybridized carbons (Fsp3) is 0.733. The van der Waals surface area contributed by atoms with Crippen molar-refractivity contribution in [1.29, 1.82) is 0 Å². The lowest BCUT2D eigenvalue weighted by Gasteiger charge is -2.14. The molecule has 0 saturated carbocycles. The second-order valence-corrected chi connectivity index (χ2v) is 5.43. The van der Waals surface area contributed by atoms with Crippen LogP contribution in [0.1, 0.15) is 64.9 Å². The number of hydrogen-bond acceptors (Lipinski definition) is 4. The van der Waals surface area contributed by atoms with Gasteiger partial charge >= 0.3 is 0 Å². The Balaban J connectivity index is 2.81. The van der Waals surface area contributed by atoms with Gasteiger partial charge in [-0.05, 0) is 6.42 Å². The molecule has 4 nitrogen and oxygen atoms in total. The van der Waals surface area contributed by atoms with Crippen LogP contribution in [0.4, 0.5) is 0 Å². The van der Waals surface area contributed by atoms with Gasteiger partial charge in [-0.3, -0.25) is 0 Å². The van der Waals surface area contributed by atoms with Gasteiger partial charge in [0.1, 0.15) is 5.82 Å². The molecule has 1 aromatic rings. The molecule has 0 aliphatic rings. The number of nitrogens with zero attached hydrogens (tertiary/aromatic N) is 2.